The molecule has 2 atom stereocenters. The van der Waals surface area contributed by atoms with Gasteiger partial charge in [-0.3, -0.25) is 9.59 Å². The van der Waals surface area contributed by atoms with Gasteiger partial charge in [0.2, 0.25) is 5.91 Å². The Kier molecular flexibility index (Phi) is 9.26. The number of hydrogen-bond donors (Lipinski definition) is 4. The molecule has 1 heterocycles. The molecule has 5 N–H and O–H groups in total. The molecule has 9 heteroatoms. The van der Waals surface area contributed by atoms with Crippen molar-refractivity contribution in [2.45, 2.75) is 31.7 Å². The first kappa shape index (κ1) is 24.6. The van der Waals surface area contributed by atoms with E-state index in [4.69, 9.17) is 10.5 Å². The van der Waals surface area contributed by atoms with Gasteiger partial charge in [-0.2, -0.15) is 0 Å². The number of aliphatic hydroxyl groups excluding tert-OH is 2. The van der Waals surface area contributed by atoms with Crippen LogP contribution >= 0.6 is 12.4 Å². The van der Waals surface area contributed by atoms with Gasteiger partial charge in [-0.25, -0.2) is 0 Å². The van der Waals surface area contributed by atoms with Gasteiger partial charge in [0.05, 0.1) is 25.2 Å². The van der Waals surface area contributed by atoms with E-state index in [-0.39, 0.29) is 50.3 Å². The highest BCUT2D eigenvalue weighted by atomic mass is 35.5. The molecule has 1 fully saturated rings. The van der Waals surface area contributed by atoms with Gasteiger partial charge in [0.25, 0.3) is 5.91 Å². The molecule has 1 saturated heterocycles. The van der Waals surface area contributed by atoms with Crippen LogP contribution in [0.3, 0.4) is 0 Å². The molecular weight excluding hydrogens is 422 g/mol. The lowest BCUT2D eigenvalue weighted by atomic mass is 10.1. The molecule has 0 spiro atoms. The van der Waals surface area contributed by atoms with Crippen molar-refractivity contribution in [3.63, 3.8) is 0 Å². The lowest BCUT2D eigenvalue weighted by molar-refractivity contribution is -0.131. The minimum Gasteiger partial charge on any atom is -0.493 e. The van der Waals surface area contributed by atoms with Gasteiger partial charge in [0, 0.05) is 31.7 Å². The topological polar surface area (TPSA) is 125 Å². The third kappa shape index (κ3) is 6.93. The fourth-order valence-electron chi connectivity index (χ4n) is 3.17. The molecule has 0 bridgehead atoms. The van der Waals surface area contributed by atoms with Crippen LogP contribution in [0.15, 0.2) is 48.5 Å². The Morgan fingerprint density at radius 3 is 2.16 bits per heavy atom. The second-order valence-corrected chi connectivity index (χ2v) is 7.26. The van der Waals surface area contributed by atoms with Gasteiger partial charge < -0.3 is 30.9 Å². The molecule has 31 heavy (non-hydrogen) atoms. The zero-order valence-corrected chi connectivity index (χ0v) is 17.9. The van der Waals surface area contributed by atoms with Gasteiger partial charge in [-0.15, -0.1) is 12.4 Å². The summed E-state index contributed by atoms with van der Waals surface area (Å²) in [6.07, 6.45) is -1.60. The Bertz CT molecular complexity index is 850. The molecular formula is C22H28ClN3O5. The molecule has 168 valence electrons. The van der Waals surface area contributed by atoms with Crippen LogP contribution in [-0.4, -0.2) is 58.8 Å². The van der Waals surface area contributed by atoms with Crippen molar-refractivity contribution in [2.24, 2.45) is 5.73 Å². The van der Waals surface area contributed by atoms with Gasteiger partial charge in [0.15, 0.2) is 0 Å². The molecule has 2 aromatic carbocycles. The second kappa shape index (κ2) is 11.7. The highest BCUT2D eigenvalue weighted by Gasteiger charge is 2.32. The minimum absolute atomic E-state index is 0. The summed E-state index contributed by atoms with van der Waals surface area (Å²) in [5.74, 6) is 0.302. The average Bonchev–Trinajstić information content (AvgIpc) is 3.11. The number of amides is 2. The summed E-state index contributed by atoms with van der Waals surface area (Å²) < 4.78 is 5.59. The van der Waals surface area contributed by atoms with E-state index in [1.165, 1.54) is 4.90 Å². The summed E-state index contributed by atoms with van der Waals surface area (Å²) in [5, 5.41) is 21.9. The van der Waals surface area contributed by atoms with Gasteiger partial charge in [0.1, 0.15) is 5.75 Å². The van der Waals surface area contributed by atoms with Crippen LogP contribution in [0.5, 0.6) is 5.75 Å². The third-order valence-corrected chi connectivity index (χ3v) is 5.02. The first-order valence-corrected chi connectivity index (χ1v) is 9.89. The van der Waals surface area contributed by atoms with E-state index >= 15 is 0 Å². The molecule has 1 aliphatic heterocycles. The van der Waals surface area contributed by atoms with E-state index < -0.39 is 12.2 Å². The lowest BCUT2D eigenvalue weighted by Gasteiger charge is -2.15. The van der Waals surface area contributed by atoms with Crippen molar-refractivity contribution in [2.75, 3.05) is 19.7 Å². The molecule has 0 saturated carbocycles. The van der Waals surface area contributed by atoms with Crippen molar-refractivity contribution in [3.8, 4) is 5.75 Å². The van der Waals surface area contributed by atoms with Crippen molar-refractivity contribution in [1.82, 2.24) is 10.2 Å². The molecule has 2 aromatic rings. The van der Waals surface area contributed by atoms with Crippen LogP contribution in [0.25, 0.3) is 0 Å². The van der Waals surface area contributed by atoms with E-state index in [9.17, 15) is 19.8 Å². The van der Waals surface area contributed by atoms with E-state index in [0.29, 0.717) is 24.4 Å². The second-order valence-electron chi connectivity index (χ2n) is 7.26. The predicted molar refractivity (Wildman–Crippen MR) is 118 cm³/mol. The fourth-order valence-corrected chi connectivity index (χ4v) is 3.17. The maximum atomic E-state index is 12.2. The SMILES string of the molecule is Cl.NCc1ccc(C(=O)NCc2ccc(OCCC(=O)N3C[C@@H](O)[C@H](O)C3)cc2)cc1. The van der Waals surface area contributed by atoms with Crippen LogP contribution in [-0.2, 0) is 17.9 Å². The van der Waals surface area contributed by atoms with Gasteiger partial charge >= 0.3 is 0 Å². The van der Waals surface area contributed by atoms with Gasteiger partial charge in [-0.1, -0.05) is 24.3 Å². The number of ether oxygens (including phenoxy) is 1. The Balaban J connectivity index is 0.00000341. The molecule has 8 nitrogen and oxygen atoms in total. The summed E-state index contributed by atoms with van der Waals surface area (Å²) >= 11 is 0. The summed E-state index contributed by atoms with van der Waals surface area (Å²) in [4.78, 5) is 25.7. The monoisotopic (exact) mass is 449 g/mol. The largest absolute Gasteiger partial charge is 0.493 e. The Labute approximate surface area is 187 Å². The number of likely N-dealkylation sites (tertiary alicyclic amines) is 1. The molecule has 0 aromatic heterocycles. The number of aliphatic hydroxyl groups is 2. The molecule has 3 rings (SSSR count). The highest BCUT2D eigenvalue weighted by molar-refractivity contribution is 5.94. The van der Waals surface area contributed by atoms with Gasteiger partial charge in [-0.05, 0) is 35.4 Å². The number of hydrogen-bond acceptors (Lipinski definition) is 6. The van der Waals surface area contributed by atoms with Crippen LogP contribution in [0.1, 0.15) is 27.9 Å². The zero-order valence-electron chi connectivity index (χ0n) is 17.1. The first-order valence-electron chi connectivity index (χ1n) is 9.89. The smallest absolute Gasteiger partial charge is 0.251 e. The van der Waals surface area contributed by atoms with Crippen LogP contribution in [0.2, 0.25) is 0 Å². The predicted octanol–water partition coefficient (Wildman–Crippen LogP) is 0.830. The lowest BCUT2D eigenvalue weighted by Crippen LogP contribution is -2.30. The van der Waals surface area contributed by atoms with Crippen molar-refractivity contribution >= 4 is 24.2 Å². The average molecular weight is 450 g/mol. The summed E-state index contributed by atoms with van der Waals surface area (Å²) in [7, 11) is 0. The molecule has 1 aliphatic rings. The van der Waals surface area contributed by atoms with Crippen molar-refractivity contribution < 1.29 is 24.5 Å². The number of rotatable bonds is 8. The van der Waals surface area contributed by atoms with Crippen LogP contribution < -0.4 is 15.8 Å². The zero-order chi connectivity index (χ0) is 21.5. The maximum absolute atomic E-state index is 12.2. The van der Waals surface area contributed by atoms with Crippen LogP contribution in [0.4, 0.5) is 0 Å². The highest BCUT2D eigenvalue weighted by Crippen LogP contribution is 2.14. The number of nitrogens with one attached hydrogen (secondary N) is 1. The maximum Gasteiger partial charge on any atom is 0.251 e. The number of benzene rings is 2. The molecule has 0 aliphatic carbocycles. The summed E-state index contributed by atoms with van der Waals surface area (Å²) in [6, 6.07) is 14.4. The number of carbonyl (C=O) groups is 2. The Morgan fingerprint density at radius 1 is 1.00 bits per heavy atom. The number of β-amino-alcohol motifs (C(OH)–C–C–N with tert-alkyl or cyclic N) is 2. The fraction of sp³-hybridized carbons (Fsp3) is 0.364. The number of carbonyl (C=O) groups excluding carboxylic acids is 2. The quantitative estimate of drug-likeness (QED) is 0.473. The van der Waals surface area contributed by atoms with E-state index in [1.54, 1.807) is 24.3 Å². The van der Waals surface area contributed by atoms with Crippen molar-refractivity contribution in [3.05, 3.63) is 65.2 Å². The first-order chi connectivity index (χ1) is 14.5. The standard InChI is InChI=1S/C22H27N3O5.ClH/c23-11-15-1-5-17(6-2-15)22(29)24-12-16-3-7-18(8-4-16)30-10-9-21(28)25-13-19(26)20(27)14-25;/h1-8,19-20,26-27H,9-14,23H2,(H,24,29);1H/t19-,20-;/m1./s1. The van der Waals surface area contributed by atoms with Crippen LogP contribution in [0, 0.1) is 0 Å². The Hall–Kier alpha value is -2.65. The molecule has 2 amide bonds. The van der Waals surface area contributed by atoms with E-state index in [2.05, 4.69) is 5.32 Å². The molecule has 0 radical (unpaired) electrons. The summed E-state index contributed by atoms with van der Waals surface area (Å²) in [6.45, 7) is 1.33. The van der Waals surface area contributed by atoms with Crippen molar-refractivity contribution in [1.29, 1.82) is 0 Å². The third-order valence-electron chi connectivity index (χ3n) is 5.02. The van der Waals surface area contributed by atoms with E-state index in [0.717, 1.165) is 11.1 Å². The Morgan fingerprint density at radius 2 is 1.58 bits per heavy atom. The number of halogens is 1. The minimum atomic E-state index is -0.881. The normalized spacial score (nSPS) is 17.7. The van der Waals surface area contributed by atoms with E-state index in [1.807, 2.05) is 24.3 Å². The summed E-state index contributed by atoms with van der Waals surface area (Å²) in [5.41, 5.74) is 8.03. The number of nitrogens with two attached hydrogens (primary N) is 1. The number of nitrogens with zero attached hydrogens (tertiary/aromatic N) is 1. The molecule has 0 unspecified atom stereocenters.